The van der Waals surface area contributed by atoms with Gasteiger partial charge in [0.15, 0.2) is 0 Å². The Hall–Kier alpha value is -1.82. The van der Waals surface area contributed by atoms with Gasteiger partial charge in [-0.2, -0.15) is 5.10 Å². The fourth-order valence-corrected chi connectivity index (χ4v) is 2.27. The summed E-state index contributed by atoms with van der Waals surface area (Å²) in [6.45, 7) is 3.70. The molecule has 0 radical (unpaired) electrons. The molecular formula is C13H14BrN3O2. The molecule has 100 valence electrons. The lowest BCUT2D eigenvalue weighted by molar-refractivity contribution is 0.102. The van der Waals surface area contributed by atoms with E-state index in [2.05, 4.69) is 31.4 Å². The molecule has 1 aromatic carbocycles. The molecule has 0 aliphatic carbocycles. The molecular weight excluding hydrogens is 310 g/mol. The summed E-state index contributed by atoms with van der Waals surface area (Å²) in [5, 5.41) is 9.71. The van der Waals surface area contributed by atoms with E-state index in [1.165, 1.54) is 0 Å². The number of rotatable bonds is 3. The smallest absolute Gasteiger partial charge is 0.255 e. The topological polar surface area (TPSA) is 67.0 Å². The number of methoxy groups -OCH3 is 1. The molecule has 0 saturated carbocycles. The third kappa shape index (κ3) is 2.78. The predicted molar refractivity (Wildman–Crippen MR) is 76.7 cm³/mol. The molecule has 1 aromatic heterocycles. The third-order valence-electron chi connectivity index (χ3n) is 2.78. The molecule has 1 heterocycles. The maximum absolute atomic E-state index is 12.2. The first kappa shape index (κ1) is 13.6. The van der Waals surface area contributed by atoms with E-state index in [-0.39, 0.29) is 5.91 Å². The van der Waals surface area contributed by atoms with Crippen LogP contribution in [0.5, 0.6) is 5.75 Å². The first-order valence-electron chi connectivity index (χ1n) is 5.69. The monoisotopic (exact) mass is 323 g/mol. The lowest BCUT2D eigenvalue weighted by Crippen LogP contribution is -2.13. The number of anilines is 1. The van der Waals surface area contributed by atoms with Crippen LogP contribution in [0.3, 0.4) is 0 Å². The average molecular weight is 324 g/mol. The van der Waals surface area contributed by atoms with Crippen molar-refractivity contribution in [3.05, 3.63) is 39.6 Å². The number of ether oxygens (including phenoxy) is 1. The van der Waals surface area contributed by atoms with Crippen LogP contribution in [0, 0.1) is 13.8 Å². The molecule has 0 spiro atoms. The highest BCUT2D eigenvalue weighted by Crippen LogP contribution is 2.26. The van der Waals surface area contributed by atoms with Crippen LogP contribution in [0.4, 0.5) is 5.69 Å². The normalized spacial score (nSPS) is 10.3. The van der Waals surface area contributed by atoms with Crippen LogP contribution in [-0.2, 0) is 0 Å². The summed E-state index contributed by atoms with van der Waals surface area (Å²) in [6, 6.07) is 5.18. The van der Waals surface area contributed by atoms with Crippen LogP contribution in [0.25, 0.3) is 0 Å². The number of aromatic nitrogens is 2. The number of nitrogens with zero attached hydrogens (tertiary/aromatic N) is 1. The van der Waals surface area contributed by atoms with Crippen LogP contribution in [0.2, 0.25) is 0 Å². The number of nitrogens with one attached hydrogen (secondary N) is 2. The van der Waals surface area contributed by atoms with Crippen LogP contribution in [0.15, 0.2) is 22.7 Å². The summed E-state index contributed by atoms with van der Waals surface area (Å²) < 4.78 is 5.87. The van der Waals surface area contributed by atoms with E-state index in [0.717, 1.165) is 21.5 Å². The molecule has 5 nitrogen and oxygen atoms in total. The van der Waals surface area contributed by atoms with Crippen molar-refractivity contribution in [3.63, 3.8) is 0 Å². The van der Waals surface area contributed by atoms with Crippen molar-refractivity contribution in [1.82, 2.24) is 10.2 Å². The van der Waals surface area contributed by atoms with Gasteiger partial charge in [-0.3, -0.25) is 9.89 Å². The van der Waals surface area contributed by atoms with Gasteiger partial charge in [0, 0.05) is 5.56 Å². The second kappa shape index (κ2) is 5.44. The molecule has 0 aliphatic rings. The first-order valence-corrected chi connectivity index (χ1v) is 6.48. The van der Waals surface area contributed by atoms with Gasteiger partial charge in [-0.1, -0.05) is 0 Å². The lowest BCUT2D eigenvalue weighted by atomic mass is 10.2. The Bertz CT molecular complexity index is 603. The molecule has 0 atom stereocenters. The van der Waals surface area contributed by atoms with Crippen LogP contribution >= 0.6 is 15.9 Å². The zero-order chi connectivity index (χ0) is 14.0. The summed E-state index contributed by atoms with van der Waals surface area (Å²) in [7, 11) is 1.58. The van der Waals surface area contributed by atoms with Gasteiger partial charge in [0.2, 0.25) is 0 Å². The Labute approximate surface area is 119 Å². The van der Waals surface area contributed by atoms with E-state index >= 15 is 0 Å². The number of carbonyl (C=O) groups excluding carboxylic acids is 1. The van der Waals surface area contributed by atoms with Gasteiger partial charge >= 0.3 is 0 Å². The van der Waals surface area contributed by atoms with Crippen LogP contribution in [-0.4, -0.2) is 23.2 Å². The Balaban J connectivity index is 2.23. The van der Waals surface area contributed by atoms with Crippen molar-refractivity contribution in [2.24, 2.45) is 0 Å². The molecule has 0 bridgehead atoms. The summed E-state index contributed by atoms with van der Waals surface area (Å²) in [4.78, 5) is 12.2. The number of hydrogen-bond acceptors (Lipinski definition) is 3. The number of aryl methyl sites for hydroxylation is 2. The third-order valence-corrected chi connectivity index (χ3v) is 3.40. The maximum atomic E-state index is 12.2. The molecule has 1 amide bonds. The van der Waals surface area contributed by atoms with Crippen molar-refractivity contribution in [1.29, 1.82) is 0 Å². The van der Waals surface area contributed by atoms with Crippen molar-refractivity contribution in [3.8, 4) is 5.75 Å². The summed E-state index contributed by atoms with van der Waals surface area (Å²) >= 11 is 3.36. The van der Waals surface area contributed by atoms with E-state index in [0.29, 0.717) is 11.3 Å². The molecule has 0 unspecified atom stereocenters. The molecule has 2 rings (SSSR count). The minimum Gasteiger partial charge on any atom is -0.496 e. The Morgan fingerprint density at radius 2 is 2.16 bits per heavy atom. The van der Waals surface area contributed by atoms with Gasteiger partial charge in [-0.15, -0.1) is 0 Å². The van der Waals surface area contributed by atoms with Crippen LogP contribution < -0.4 is 10.1 Å². The summed E-state index contributed by atoms with van der Waals surface area (Å²) in [5.41, 5.74) is 2.86. The Kier molecular flexibility index (Phi) is 3.90. The largest absolute Gasteiger partial charge is 0.496 e. The fourth-order valence-electron chi connectivity index (χ4n) is 1.73. The van der Waals surface area contributed by atoms with Crippen molar-refractivity contribution < 1.29 is 9.53 Å². The predicted octanol–water partition coefficient (Wildman–Crippen LogP) is 3.05. The maximum Gasteiger partial charge on any atom is 0.255 e. The minimum atomic E-state index is -0.184. The fraction of sp³-hybridized carbons (Fsp3) is 0.231. The zero-order valence-electron chi connectivity index (χ0n) is 10.9. The van der Waals surface area contributed by atoms with E-state index < -0.39 is 0 Å². The van der Waals surface area contributed by atoms with E-state index in [1.54, 1.807) is 25.3 Å². The second-order valence-electron chi connectivity index (χ2n) is 4.11. The SMILES string of the molecule is COc1ccc(C(=O)Nc2c(C)n[nH]c2C)cc1Br. The highest BCUT2D eigenvalue weighted by molar-refractivity contribution is 9.10. The molecule has 0 aliphatic heterocycles. The average Bonchev–Trinajstić information content (AvgIpc) is 2.70. The molecule has 6 heteroatoms. The van der Waals surface area contributed by atoms with E-state index in [9.17, 15) is 4.79 Å². The van der Waals surface area contributed by atoms with Crippen molar-refractivity contribution in [2.75, 3.05) is 12.4 Å². The van der Waals surface area contributed by atoms with Gasteiger partial charge in [-0.25, -0.2) is 0 Å². The summed E-state index contributed by atoms with van der Waals surface area (Å²) in [5.74, 6) is 0.503. The molecule has 2 aromatic rings. The van der Waals surface area contributed by atoms with Crippen LogP contribution in [0.1, 0.15) is 21.7 Å². The zero-order valence-corrected chi connectivity index (χ0v) is 12.5. The number of hydrogen-bond donors (Lipinski definition) is 2. The number of H-pyrrole nitrogens is 1. The second-order valence-corrected chi connectivity index (χ2v) is 4.97. The van der Waals surface area contributed by atoms with Gasteiger partial charge in [0.25, 0.3) is 5.91 Å². The van der Waals surface area contributed by atoms with Gasteiger partial charge in [0.1, 0.15) is 5.75 Å². The van der Waals surface area contributed by atoms with Crippen molar-refractivity contribution >= 4 is 27.5 Å². The van der Waals surface area contributed by atoms with E-state index in [4.69, 9.17) is 4.74 Å². The molecule has 0 saturated heterocycles. The first-order chi connectivity index (χ1) is 9.02. The number of benzene rings is 1. The Morgan fingerprint density at radius 3 is 2.68 bits per heavy atom. The highest BCUT2D eigenvalue weighted by Gasteiger charge is 2.13. The standard InChI is InChI=1S/C13H14BrN3O2/c1-7-12(8(2)17-16-7)15-13(18)9-4-5-11(19-3)10(14)6-9/h4-6H,1-3H3,(H,15,18)(H,16,17). The van der Waals surface area contributed by atoms with Gasteiger partial charge < -0.3 is 10.1 Å². The quantitative estimate of drug-likeness (QED) is 0.912. The number of halogens is 1. The number of aromatic amines is 1. The summed E-state index contributed by atoms with van der Waals surface area (Å²) in [6.07, 6.45) is 0. The molecule has 19 heavy (non-hydrogen) atoms. The minimum absolute atomic E-state index is 0.184. The number of amides is 1. The van der Waals surface area contributed by atoms with E-state index in [1.807, 2.05) is 13.8 Å². The van der Waals surface area contributed by atoms with Gasteiger partial charge in [0.05, 0.1) is 28.7 Å². The highest BCUT2D eigenvalue weighted by atomic mass is 79.9. The molecule has 0 fully saturated rings. The molecule has 2 N–H and O–H groups in total. The van der Waals surface area contributed by atoms with Crippen molar-refractivity contribution in [2.45, 2.75) is 13.8 Å². The lowest BCUT2D eigenvalue weighted by Gasteiger charge is -2.07. The number of carbonyl (C=O) groups is 1. The Morgan fingerprint density at radius 1 is 1.42 bits per heavy atom. The van der Waals surface area contributed by atoms with Gasteiger partial charge in [-0.05, 0) is 48.0 Å².